The van der Waals surface area contributed by atoms with Crippen molar-refractivity contribution in [2.24, 2.45) is 0 Å². The minimum absolute atomic E-state index is 0.0502. The molecule has 8 aromatic carbocycles. The monoisotopic (exact) mass is 700 g/mol. The summed E-state index contributed by atoms with van der Waals surface area (Å²) in [6.07, 6.45) is 0. The highest BCUT2D eigenvalue weighted by Crippen LogP contribution is 2.64. The van der Waals surface area contributed by atoms with Crippen molar-refractivity contribution in [3.8, 4) is 66.8 Å². The molecule has 260 valence electrons. The summed E-state index contributed by atoms with van der Waals surface area (Å²) in [4.78, 5) is 0. The minimum atomic E-state index is -0.428. The highest BCUT2D eigenvalue weighted by molar-refractivity contribution is 5.97. The summed E-state index contributed by atoms with van der Waals surface area (Å²) >= 11 is 0. The van der Waals surface area contributed by atoms with Crippen molar-refractivity contribution in [2.45, 2.75) is 43.9 Å². The summed E-state index contributed by atoms with van der Waals surface area (Å²) in [5.41, 5.74) is 26.5. The first-order valence-corrected chi connectivity index (χ1v) is 19.8. The molecule has 0 heterocycles. The topological polar surface area (TPSA) is 0 Å². The first-order valence-electron chi connectivity index (χ1n) is 19.8. The average molecular weight is 701 g/mol. The van der Waals surface area contributed by atoms with E-state index >= 15 is 0 Å². The Morgan fingerprint density at radius 2 is 0.491 bits per heavy atom. The second kappa shape index (κ2) is 10.5. The van der Waals surface area contributed by atoms with Gasteiger partial charge in [-0.3, -0.25) is 0 Å². The lowest BCUT2D eigenvalue weighted by Crippen LogP contribution is -2.26. The number of rotatable bonds is 2. The summed E-state index contributed by atoms with van der Waals surface area (Å²) in [5, 5.41) is 0. The van der Waals surface area contributed by atoms with E-state index in [0.29, 0.717) is 0 Å². The fourth-order valence-electron chi connectivity index (χ4n) is 11.3. The second-order valence-corrected chi connectivity index (χ2v) is 17.2. The van der Waals surface area contributed by atoms with Crippen molar-refractivity contribution in [1.29, 1.82) is 0 Å². The quantitative estimate of drug-likeness (QED) is 0.168. The Labute approximate surface area is 323 Å². The van der Waals surface area contributed by atoms with E-state index in [1.807, 2.05) is 0 Å². The fourth-order valence-corrected chi connectivity index (χ4v) is 11.3. The third kappa shape index (κ3) is 3.82. The zero-order chi connectivity index (χ0) is 36.8. The fraction of sp³-hybridized carbons (Fsp3) is 0.127. The van der Waals surface area contributed by atoms with Crippen molar-refractivity contribution in [3.05, 3.63) is 214 Å². The van der Waals surface area contributed by atoms with Crippen LogP contribution in [0.1, 0.15) is 72.2 Å². The van der Waals surface area contributed by atoms with Gasteiger partial charge in [-0.25, -0.2) is 0 Å². The van der Waals surface area contributed by atoms with E-state index in [1.165, 1.54) is 111 Å². The van der Waals surface area contributed by atoms with Crippen LogP contribution in [-0.2, 0) is 16.2 Å². The van der Waals surface area contributed by atoms with Crippen LogP contribution in [0.5, 0.6) is 0 Å². The second-order valence-electron chi connectivity index (χ2n) is 17.2. The smallest absolute Gasteiger partial charge is 0.0619 e. The molecule has 1 spiro atoms. The zero-order valence-electron chi connectivity index (χ0n) is 31.7. The van der Waals surface area contributed by atoms with E-state index < -0.39 is 5.41 Å². The summed E-state index contributed by atoms with van der Waals surface area (Å²) in [7, 11) is 0. The maximum absolute atomic E-state index is 2.53. The molecule has 0 atom stereocenters. The molecule has 8 aromatic rings. The number of benzene rings is 8. The molecule has 0 unspecified atom stereocenters. The molecule has 0 amide bonds. The SMILES string of the molecule is CC1(C)c2ccccc2-c2ccc(-c3ccc4c(c3)C3(c5ccccc5-4)c4ccccc4-c4ccc(-c5ccc6c(c5)C(C)(C)c5ccccc5-6)cc43)cc21. The van der Waals surface area contributed by atoms with Gasteiger partial charge in [0.05, 0.1) is 5.41 Å². The Hall–Kier alpha value is -6.24. The lowest BCUT2D eigenvalue weighted by molar-refractivity contribution is 0.660. The lowest BCUT2D eigenvalue weighted by Gasteiger charge is -2.31. The summed E-state index contributed by atoms with van der Waals surface area (Å²) in [6, 6.07) is 65.1. The number of hydrogen-bond donors (Lipinski definition) is 0. The summed E-state index contributed by atoms with van der Waals surface area (Å²) in [6.45, 7) is 9.50. The molecule has 0 saturated heterocycles. The van der Waals surface area contributed by atoms with E-state index in [9.17, 15) is 0 Å². The van der Waals surface area contributed by atoms with Gasteiger partial charge in [0.15, 0.2) is 0 Å². The average Bonchev–Trinajstić information content (AvgIpc) is 3.85. The highest BCUT2D eigenvalue weighted by atomic mass is 14.5. The van der Waals surface area contributed by atoms with Gasteiger partial charge in [-0.1, -0.05) is 173 Å². The van der Waals surface area contributed by atoms with Gasteiger partial charge in [0.25, 0.3) is 0 Å². The summed E-state index contributed by atoms with van der Waals surface area (Å²) < 4.78 is 0. The molecule has 0 bridgehead atoms. The molecular weight excluding hydrogens is 661 g/mol. The lowest BCUT2D eigenvalue weighted by atomic mass is 9.70. The highest BCUT2D eigenvalue weighted by Gasteiger charge is 2.52. The van der Waals surface area contributed by atoms with Gasteiger partial charge < -0.3 is 0 Å². The van der Waals surface area contributed by atoms with Gasteiger partial charge in [-0.05, 0) is 136 Å². The van der Waals surface area contributed by atoms with E-state index in [-0.39, 0.29) is 10.8 Å². The van der Waals surface area contributed by atoms with Crippen LogP contribution in [0.3, 0.4) is 0 Å². The Balaban J connectivity index is 1.07. The maximum atomic E-state index is 2.53. The van der Waals surface area contributed by atoms with Crippen LogP contribution < -0.4 is 0 Å². The largest absolute Gasteiger partial charge is 0.0725 e. The molecule has 0 heteroatoms. The molecule has 0 N–H and O–H groups in total. The molecule has 0 aliphatic heterocycles. The molecule has 12 rings (SSSR count). The Morgan fingerprint density at radius 1 is 0.236 bits per heavy atom. The number of hydrogen-bond acceptors (Lipinski definition) is 0. The van der Waals surface area contributed by atoms with Gasteiger partial charge in [0.2, 0.25) is 0 Å². The van der Waals surface area contributed by atoms with Crippen molar-refractivity contribution in [1.82, 2.24) is 0 Å². The first kappa shape index (κ1) is 31.1. The Kier molecular flexibility index (Phi) is 5.94. The third-order valence-corrected chi connectivity index (χ3v) is 13.9. The van der Waals surface area contributed by atoms with E-state index in [1.54, 1.807) is 0 Å². The van der Waals surface area contributed by atoms with E-state index in [0.717, 1.165) is 0 Å². The summed E-state index contributed by atoms with van der Waals surface area (Å²) in [5.74, 6) is 0. The van der Waals surface area contributed by atoms with Crippen LogP contribution in [0.25, 0.3) is 66.8 Å². The third-order valence-electron chi connectivity index (χ3n) is 13.9. The first-order chi connectivity index (χ1) is 26.8. The van der Waals surface area contributed by atoms with Crippen LogP contribution in [0.15, 0.2) is 170 Å². The van der Waals surface area contributed by atoms with Crippen molar-refractivity contribution >= 4 is 0 Å². The molecule has 0 radical (unpaired) electrons. The van der Waals surface area contributed by atoms with Crippen LogP contribution in [0.2, 0.25) is 0 Å². The van der Waals surface area contributed by atoms with Crippen LogP contribution >= 0.6 is 0 Å². The zero-order valence-corrected chi connectivity index (χ0v) is 31.7. The van der Waals surface area contributed by atoms with Gasteiger partial charge in [0.1, 0.15) is 0 Å². The van der Waals surface area contributed by atoms with E-state index in [2.05, 4.69) is 198 Å². The van der Waals surface area contributed by atoms with Crippen LogP contribution in [-0.4, -0.2) is 0 Å². The normalized spacial score (nSPS) is 16.1. The van der Waals surface area contributed by atoms with Gasteiger partial charge in [-0.2, -0.15) is 0 Å². The minimum Gasteiger partial charge on any atom is -0.0619 e. The van der Waals surface area contributed by atoms with Crippen molar-refractivity contribution in [3.63, 3.8) is 0 Å². The maximum Gasteiger partial charge on any atom is 0.0725 e. The van der Waals surface area contributed by atoms with Crippen molar-refractivity contribution in [2.75, 3.05) is 0 Å². The molecule has 4 aliphatic rings. The van der Waals surface area contributed by atoms with Gasteiger partial charge >= 0.3 is 0 Å². The van der Waals surface area contributed by atoms with Gasteiger partial charge in [0, 0.05) is 10.8 Å². The molecule has 0 nitrogen and oxygen atoms in total. The van der Waals surface area contributed by atoms with Gasteiger partial charge in [-0.15, -0.1) is 0 Å². The molecule has 0 saturated carbocycles. The molecule has 0 aromatic heterocycles. The van der Waals surface area contributed by atoms with E-state index in [4.69, 9.17) is 0 Å². The standard InChI is InChI=1S/C55H40/c1-53(2)45-17-9-5-13-37(45)41-25-21-33(29-49(41)53)35-23-27-43-39-15-7-11-19-47(39)55(51(43)31-35)48-20-12-8-16-40(48)44-28-24-36(32-52(44)55)34-22-26-42-38-14-6-10-18-46(38)54(3,4)50(42)30-34/h5-32H,1-4H3. The van der Waals surface area contributed by atoms with Crippen LogP contribution in [0.4, 0.5) is 0 Å². The molecule has 55 heavy (non-hydrogen) atoms. The molecular formula is C55H40. The van der Waals surface area contributed by atoms with Crippen molar-refractivity contribution < 1.29 is 0 Å². The number of fused-ring (bicyclic) bond motifs is 16. The molecule has 4 aliphatic carbocycles. The van der Waals surface area contributed by atoms with Crippen LogP contribution in [0, 0.1) is 0 Å². The Bertz CT molecular complexity index is 2780. The Morgan fingerprint density at radius 3 is 0.855 bits per heavy atom. The molecule has 0 fully saturated rings. The predicted molar refractivity (Wildman–Crippen MR) is 229 cm³/mol. The predicted octanol–water partition coefficient (Wildman–Crippen LogP) is 14.0.